The van der Waals surface area contributed by atoms with Gasteiger partial charge in [0.15, 0.2) is 5.82 Å². The van der Waals surface area contributed by atoms with Gasteiger partial charge in [0, 0.05) is 39.6 Å². The number of aryl methyl sites for hydroxylation is 1. The van der Waals surface area contributed by atoms with E-state index in [1.165, 1.54) is 4.88 Å². The van der Waals surface area contributed by atoms with E-state index in [1.54, 1.807) is 42.7 Å². The number of amides is 2. The highest BCUT2D eigenvalue weighted by molar-refractivity contribution is 7.10. The van der Waals surface area contributed by atoms with Gasteiger partial charge in [0.05, 0.1) is 7.11 Å². The van der Waals surface area contributed by atoms with Crippen molar-refractivity contribution in [3.05, 3.63) is 76.5 Å². The lowest BCUT2D eigenvalue weighted by Crippen LogP contribution is -2.14. The lowest BCUT2D eigenvalue weighted by atomic mass is 10.1. The van der Waals surface area contributed by atoms with Crippen LogP contribution in [0.2, 0.25) is 0 Å². The van der Waals surface area contributed by atoms with Crippen LogP contribution >= 0.6 is 22.9 Å². The summed E-state index contributed by atoms with van der Waals surface area (Å²) in [6.07, 6.45) is 2.08. The molecule has 0 fully saturated rings. The van der Waals surface area contributed by atoms with Crippen molar-refractivity contribution in [2.75, 3.05) is 17.7 Å². The minimum absolute atomic E-state index is 0.0730. The quantitative estimate of drug-likeness (QED) is 0.332. The van der Waals surface area contributed by atoms with E-state index in [9.17, 15) is 9.59 Å². The third-order valence-corrected chi connectivity index (χ3v) is 6.36. The van der Waals surface area contributed by atoms with Crippen molar-refractivity contribution in [1.82, 2.24) is 9.36 Å². The van der Waals surface area contributed by atoms with E-state index in [0.29, 0.717) is 34.4 Å². The molecule has 2 aromatic carbocycles. The van der Waals surface area contributed by atoms with Crippen LogP contribution in [0.5, 0.6) is 5.75 Å². The first kappa shape index (κ1) is 22.6. The number of rotatable bonds is 9. The Morgan fingerprint density at radius 1 is 1.03 bits per heavy atom. The molecule has 0 spiro atoms. The first-order valence-electron chi connectivity index (χ1n) is 10.3. The smallest absolute Gasteiger partial charge is 0.257 e. The summed E-state index contributed by atoms with van der Waals surface area (Å²) in [5.74, 6) is 0.823. The Kier molecular flexibility index (Phi) is 7.43. The van der Waals surface area contributed by atoms with Crippen LogP contribution < -0.4 is 15.4 Å². The van der Waals surface area contributed by atoms with Gasteiger partial charge in [-0.15, -0.1) is 11.3 Å². The van der Waals surface area contributed by atoms with Crippen molar-refractivity contribution in [3.63, 3.8) is 0 Å². The fourth-order valence-electron chi connectivity index (χ4n) is 3.16. The summed E-state index contributed by atoms with van der Waals surface area (Å²) in [4.78, 5) is 30.6. The van der Waals surface area contributed by atoms with Crippen LogP contribution in [-0.2, 0) is 11.2 Å². The van der Waals surface area contributed by atoms with Gasteiger partial charge in [-0.3, -0.25) is 14.9 Å². The molecule has 0 radical (unpaired) electrons. The number of benzene rings is 2. The number of nitrogens with zero attached hydrogens (tertiary/aromatic N) is 2. The topological polar surface area (TPSA) is 93.2 Å². The molecule has 0 aliphatic carbocycles. The molecule has 0 atom stereocenters. The summed E-state index contributed by atoms with van der Waals surface area (Å²) in [5, 5.41) is 8.06. The maximum absolute atomic E-state index is 12.7. The fraction of sp³-hybridized carbons (Fsp3) is 0.167. The highest BCUT2D eigenvalue weighted by Gasteiger charge is 2.13. The minimum Gasteiger partial charge on any atom is -0.497 e. The molecule has 2 aromatic heterocycles. The summed E-state index contributed by atoms with van der Waals surface area (Å²) in [5.41, 5.74) is 1.80. The van der Waals surface area contributed by atoms with Gasteiger partial charge in [-0.1, -0.05) is 24.3 Å². The molecule has 0 saturated carbocycles. The summed E-state index contributed by atoms with van der Waals surface area (Å²) >= 11 is 2.80. The number of aromatic nitrogens is 2. The van der Waals surface area contributed by atoms with E-state index >= 15 is 0 Å². The number of ether oxygens (including phenoxy) is 1. The summed E-state index contributed by atoms with van der Waals surface area (Å²) in [7, 11) is 1.60. The summed E-state index contributed by atoms with van der Waals surface area (Å²) < 4.78 is 9.55. The maximum Gasteiger partial charge on any atom is 0.257 e. The number of hydrogen-bond donors (Lipinski definition) is 2. The molecule has 7 nitrogen and oxygen atoms in total. The van der Waals surface area contributed by atoms with Crippen LogP contribution in [0.1, 0.15) is 28.1 Å². The first-order chi connectivity index (χ1) is 16.1. The number of nitrogens with one attached hydrogen (secondary N) is 2. The zero-order valence-corrected chi connectivity index (χ0v) is 19.5. The number of thiophene rings is 1. The minimum atomic E-state index is -0.322. The van der Waals surface area contributed by atoms with Crippen LogP contribution in [-0.4, -0.2) is 28.3 Å². The Morgan fingerprint density at radius 2 is 1.91 bits per heavy atom. The number of hydrogen-bond acceptors (Lipinski definition) is 7. The molecule has 2 amide bonds. The van der Waals surface area contributed by atoms with Gasteiger partial charge >= 0.3 is 0 Å². The molecule has 33 heavy (non-hydrogen) atoms. The highest BCUT2D eigenvalue weighted by Crippen LogP contribution is 2.25. The average molecular weight is 479 g/mol. The van der Waals surface area contributed by atoms with Crippen LogP contribution in [0.4, 0.5) is 10.8 Å². The van der Waals surface area contributed by atoms with Crippen LogP contribution in [0.15, 0.2) is 66.0 Å². The SMILES string of the molecule is COc1cccc(-c2nsc(NC(=O)c3cccc(NC(=O)CCCc4cccs4)c3)n2)c1. The second-order valence-corrected chi connectivity index (χ2v) is 8.96. The first-order valence-corrected chi connectivity index (χ1v) is 12.0. The Labute approximate surface area is 199 Å². The molecule has 4 rings (SSSR count). The molecule has 0 aliphatic heterocycles. The zero-order chi connectivity index (χ0) is 23.0. The van der Waals surface area contributed by atoms with Crippen molar-refractivity contribution >= 4 is 45.5 Å². The maximum atomic E-state index is 12.7. The van der Waals surface area contributed by atoms with E-state index < -0.39 is 0 Å². The number of carbonyl (C=O) groups is 2. The monoisotopic (exact) mass is 478 g/mol. The van der Waals surface area contributed by atoms with Gasteiger partial charge in [0.25, 0.3) is 5.91 Å². The standard InChI is InChI=1S/C24H22N4O3S2/c1-31-19-9-3-6-16(15-19)22-26-24(33-28-22)27-23(30)17-7-2-8-18(14-17)25-21(29)12-4-10-20-11-5-13-32-20/h2-3,5-9,11,13-15H,4,10,12H2,1H3,(H,25,29)(H,26,27,28,30). The van der Waals surface area contributed by atoms with Gasteiger partial charge in [0.1, 0.15) is 5.75 Å². The van der Waals surface area contributed by atoms with Crippen molar-refractivity contribution in [2.24, 2.45) is 0 Å². The van der Waals surface area contributed by atoms with E-state index in [0.717, 1.165) is 29.9 Å². The van der Waals surface area contributed by atoms with E-state index in [-0.39, 0.29) is 11.8 Å². The van der Waals surface area contributed by atoms with Gasteiger partial charge in [-0.2, -0.15) is 9.36 Å². The van der Waals surface area contributed by atoms with Gasteiger partial charge < -0.3 is 10.1 Å². The van der Waals surface area contributed by atoms with Gasteiger partial charge in [0.2, 0.25) is 11.0 Å². The third kappa shape index (κ3) is 6.24. The van der Waals surface area contributed by atoms with Crippen LogP contribution in [0.25, 0.3) is 11.4 Å². The summed E-state index contributed by atoms with van der Waals surface area (Å²) in [6.45, 7) is 0. The van der Waals surface area contributed by atoms with Crippen molar-refractivity contribution < 1.29 is 14.3 Å². The van der Waals surface area contributed by atoms with Crippen LogP contribution in [0, 0.1) is 0 Å². The second-order valence-electron chi connectivity index (χ2n) is 7.17. The van der Waals surface area contributed by atoms with Gasteiger partial charge in [-0.05, 0) is 54.6 Å². The largest absolute Gasteiger partial charge is 0.497 e. The Balaban J connectivity index is 1.34. The molecular formula is C24H22N4O3S2. The lowest BCUT2D eigenvalue weighted by molar-refractivity contribution is -0.116. The average Bonchev–Trinajstić information content (AvgIpc) is 3.52. The third-order valence-electron chi connectivity index (χ3n) is 4.79. The molecule has 0 bridgehead atoms. The Bertz CT molecular complexity index is 1240. The number of anilines is 2. The predicted molar refractivity (Wildman–Crippen MR) is 132 cm³/mol. The van der Waals surface area contributed by atoms with Crippen molar-refractivity contribution in [2.45, 2.75) is 19.3 Å². The molecule has 2 N–H and O–H groups in total. The predicted octanol–water partition coefficient (Wildman–Crippen LogP) is 5.49. The Hall–Kier alpha value is -3.56. The fourth-order valence-corrected chi connectivity index (χ4v) is 4.50. The van der Waals surface area contributed by atoms with Crippen molar-refractivity contribution in [3.8, 4) is 17.1 Å². The van der Waals surface area contributed by atoms with Crippen molar-refractivity contribution in [1.29, 1.82) is 0 Å². The second kappa shape index (κ2) is 10.8. The molecule has 4 aromatic rings. The molecule has 0 unspecified atom stereocenters. The van der Waals surface area contributed by atoms with Crippen LogP contribution in [0.3, 0.4) is 0 Å². The van der Waals surface area contributed by atoms with E-state index in [1.807, 2.05) is 35.7 Å². The molecule has 2 heterocycles. The Morgan fingerprint density at radius 3 is 2.73 bits per heavy atom. The molecule has 0 aliphatic rings. The normalized spacial score (nSPS) is 10.6. The molecule has 9 heteroatoms. The number of methoxy groups -OCH3 is 1. The molecule has 0 saturated heterocycles. The van der Waals surface area contributed by atoms with E-state index in [2.05, 4.69) is 26.1 Å². The summed E-state index contributed by atoms with van der Waals surface area (Å²) in [6, 6.07) is 18.3. The highest BCUT2D eigenvalue weighted by atomic mass is 32.1. The van der Waals surface area contributed by atoms with Gasteiger partial charge in [-0.25, -0.2) is 0 Å². The number of carbonyl (C=O) groups excluding carboxylic acids is 2. The van der Waals surface area contributed by atoms with E-state index in [4.69, 9.17) is 4.74 Å². The molecular weight excluding hydrogens is 456 g/mol. The lowest BCUT2D eigenvalue weighted by Gasteiger charge is -2.07. The molecule has 168 valence electrons. The zero-order valence-electron chi connectivity index (χ0n) is 17.9.